The fraction of sp³-hybridized carbons (Fsp3) is 0.531. The lowest BCUT2D eigenvalue weighted by molar-refractivity contribution is 0.137. The quantitative estimate of drug-likeness (QED) is 0.326. The van der Waals surface area contributed by atoms with Gasteiger partial charge in [0.1, 0.15) is 5.75 Å². The molecule has 8 nitrogen and oxygen atoms in total. The van der Waals surface area contributed by atoms with E-state index in [-0.39, 0.29) is 24.6 Å². The lowest BCUT2D eigenvalue weighted by Crippen LogP contribution is -2.63. The second-order valence-corrected chi connectivity index (χ2v) is 13.4. The molecule has 3 aromatic rings. The van der Waals surface area contributed by atoms with Crippen LogP contribution in [0.2, 0.25) is 0 Å². The summed E-state index contributed by atoms with van der Waals surface area (Å²) in [5, 5.41) is 14.6. The highest BCUT2D eigenvalue weighted by atomic mass is 32.2. The van der Waals surface area contributed by atoms with Crippen molar-refractivity contribution in [3.05, 3.63) is 48.0 Å². The number of benzene rings is 2. The second kappa shape index (κ2) is 11.5. The van der Waals surface area contributed by atoms with Crippen LogP contribution >= 0.6 is 11.9 Å². The molecule has 1 aliphatic carbocycles. The monoisotopic (exact) mass is 577 g/mol. The van der Waals surface area contributed by atoms with Gasteiger partial charge in [-0.2, -0.15) is 4.41 Å². The zero-order chi connectivity index (χ0) is 28.7. The topological polar surface area (TPSA) is 82.0 Å². The van der Waals surface area contributed by atoms with Crippen LogP contribution in [0.15, 0.2) is 42.5 Å². The van der Waals surface area contributed by atoms with Gasteiger partial charge in [0.2, 0.25) is 0 Å². The number of fused-ring (bicyclic) bond motifs is 4. The highest BCUT2D eigenvalue weighted by Gasteiger charge is 2.35. The Hall–Kier alpha value is -2.72. The van der Waals surface area contributed by atoms with Crippen LogP contribution in [-0.2, 0) is 6.54 Å². The number of hydrazine groups is 1. The van der Waals surface area contributed by atoms with Crippen molar-refractivity contribution in [2.75, 3.05) is 30.9 Å². The van der Waals surface area contributed by atoms with E-state index in [1.165, 1.54) is 66.2 Å². The van der Waals surface area contributed by atoms with E-state index in [0.717, 1.165) is 23.5 Å². The molecule has 4 bridgehead atoms. The molecular formula is C32H43N5O3S. The lowest BCUT2D eigenvalue weighted by Gasteiger charge is -2.39. The number of para-hydroxylation sites is 1. The van der Waals surface area contributed by atoms with E-state index in [1.54, 1.807) is 9.31 Å². The van der Waals surface area contributed by atoms with E-state index in [1.807, 2.05) is 20.9 Å². The van der Waals surface area contributed by atoms with Crippen LogP contribution in [0.5, 0.6) is 5.75 Å². The van der Waals surface area contributed by atoms with Crippen LogP contribution in [0, 0.1) is 5.92 Å². The predicted octanol–water partition coefficient (Wildman–Crippen LogP) is 6.10. The van der Waals surface area contributed by atoms with Crippen LogP contribution in [0.25, 0.3) is 22.2 Å². The van der Waals surface area contributed by atoms with Crippen molar-refractivity contribution < 1.29 is 14.6 Å². The van der Waals surface area contributed by atoms with Gasteiger partial charge >= 0.3 is 6.03 Å². The first-order valence-corrected chi connectivity index (χ1v) is 16.0. The Bertz CT molecular complexity index is 1420. The van der Waals surface area contributed by atoms with Gasteiger partial charge in [0, 0.05) is 47.9 Å². The van der Waals surface area contributed by atoms with Crippen LogP contribution in [-0.4, -0.2) is 57.8 Å². The van der Waals surface area contributed by atoms with Crippen molar-refractivity contribution in [1.29, 1.82) is 0 Å². The van der Waals surface area contributed by atoms with Gasteiger partial charge in [0.05, 0.1) is 30.1 Å². The third-order valence-electron chi connectivity index (χ3n) is 8.95. The number of ether oxygens (including phenoxy) is 1. The highest BCUT2D eigenvalue weighted by Crippen LogP contribution is 2.48. The van der Waals surface area contributed by atoms with Gasteiger partial charge in [-0.15, -0.1) is 0 Å². The van der Waals surface area contributed by atoms with Crippen molar-refractivity contribution in [2.24, 2.45) is 5.92 Å². The molecule has 3 aliphatic rings. The summed E-state index contributed by atoms with van der Waals surface area (Å²) in [7, 11) is 1.83. The Balaban J connectivity index is 1.59. The first-order valence-electron chi connectivity index (χ1n) is 15.0. The SMILES string of the molecule is CC1NC(C)(C)NN(SCCO)C(=O)N(C)c2ccc3c(C4CCCCC4)c4n(c3c2)C[C@H]1COc1ccccc1-4. The minimum absolute atomic E-state index is 0.0176. The molecule has 3 N–H and O–H groups in total. The largest absolute Gasteiger partial charge is 0.492 e. The summed E-state index contributed by atoms with van der Waals surface area (Å²) >= 11 is 1.28. The maximum absolute atomic E-state index is 13.9. The van der Waals surface area contributed by atoms with Crippen LogP contribution in [0.3, 0.4) is 0 Å². The number of carbonyl (C=O) groups is 1. The molecule has 0 saturated heterocycles. The minimum atomic E-state index is -0.604. The Morgan fingerprint density at radius 1 is 1.12 bits per heavy atom. The van der Waals surface area contributed by atoms with E-state index in [4.69, 9.17) is 4.74 Å². The summed E-state index contributed by atoms with van der Waals surface area (Å²) in [4.78, 5) is 15.6. The molecule has 1 unspecified atom stereocenters. The molecule has 0 radical (unpaired) electrons. The molecule has 2 aromatic carbocycles. The van der Waals surface area contributed by atoms with E-state index >= 15 is 0 Å². The molecule has 1 saturated carbocycles. The number of nitrogens with zero attached hydrogens (tertiary/aromatic N) is 3. The van der Waals surface area contributed by atoms with Crippen molar-refractivity contribution in [3.63, 3.8) is 0 Å². The van der Waals surface area contributed by atoms with Crippen molar-refractivity contribution in [2.45, 2.75) is 77.0 Å². The fourth-order valence-electron chi connectivity index (χ4n) is 6.92. The number of urea groups is 1. The molecule has 3 heterocycles. The standard InChI is InChI=1S/C32H43N5O3S/c1-21-23-19-36-27-18-24(35(4)31(39)37(41-17-16-38)34-32(2,3)33-21)14-15-25(27)29(22-10-6-5-7-11-22)30(36)26-12-8-9-13-28(26)40-20-23/h8-9,12-15,18,21-23,33-34,38H,5-7,10-11,16-17,19-20H2,1-4H3/t21?,23-/m0/s1. The molecule has 9 heteroatoms. The Morgan fingerprint density at radius 3 is 2.68 bits per heavy atom. The molecule has 2 atom stereocenters. The van der Waals surface area contributed by atoms with Gasteiger partial charge in [0.25, 0.3) is 0 Å². The van der Waals surface area contributed by atoms with Gasteiger partial charge in [-0.05, 0) is 81.3 Å². The number of rotatable bonds is 4. The van der Waals surface area contributed by atoms with Gasteiger partial charge in [-0.25, -0.2) is 10.2 Å². The number of anilines is 1. The number of aliphatic hydroxyl groups excluding tert-OH is 1. The zero-order valence-corrected chi connectivity index (χ0v) is 25.5. The van der Waals surface area contributed by atoms with Gasteiger partial charge < -0.3 is 14.4 Å². The maximum atomic E-state index is 13.9. The molecule has 0 spiro atoms. The smallest absolute Gasteiger partial charge is 0.349 e. The summed E-state index contributed by atoms with van der Waals surface area (Å²) in [5.41, 5.74) is 8.68. The number of carbonyl (C=O) groups excluding carboxylic acids is 1. The third-order valence-corrected chi connectivity index (χ3v) is 9.82. The summed E-state index contributed by atoms with van der Waals surface area (Å²) in [5.74, 6) is 2.02. The number of hydrogen-bond donors (Lipinski definition) is 3. The average molecular weight is 578 g/mol. The second-order valence-electron chi connectivity index (χ2n) is 12.3. The zero-order valence-electron chi connectivity index (χ0n) is 24.7. The van der Waals surface area contributed by atoms with E-state index in [9.17, 15) is 9.90 Å². The first-order chi connectivity index (χ1) is 19.8. The molecule has 6 rings (SSSR count). The van der Waals surface area contributed by atoms with Crippen LogP contribution in [0.4, 0.5) is 10.5 Å². The van der Waals surface area contributed by atoms with Gasteiger partial charge in [-0.3, -0.25) is 10.2 Å². The maximum Gasteiger partial charge on any atom is 0.349 e. The van der Waals surface area contributed by atoms with Crippen LogP contribution < -0.4 is 20.4 Å². The van der Waals surface area contributed by atoms with Crippen molar-refractivity contribution in [3.8, 4) is 17.0 Å². The number of amides is 2. The predicted molar refractivity (Wildman–Crippen MR) is 167 cm³/mol. The Morgan fingerprint density at radius 2 is 1.90 bits per heavy atom. The minimum Gasteiger partial charge on any atom is -0.492 e. The van der Waals surface area contributed by atoms with Crippen LogP contribution in [0.1, 0.15) is 64.4 Å². The van der Waals surface area contributed by atoms with Gasteiger partial charge in [0.15, 0.2) is 0 Å². The van der Waals surface area contributed by atoms with Crippen molar-refractivity contribution in [1.82, 2.24) is 19.7 Å². The van der Waals surface area contributed by atoms with E-state index in [2.05, 4.69) is 64.7 Å². The third kappa shape index (κ3) is 5.45. The van der Waals surface area contributed by atoms with E-state index < -0.39 is 5.66 Å². The highest BCUT2D eigenvalue weighted by molar-refractivity contribution is 7.97. The lowest BCUT2D eigenvalue weighted by atomic mass is 9.81. The number of aliphatic hydroxyl groups is 1. The number of hydrogen-bond acceptors (Lipinski definition) is 6. The normalized spacial score (nSPS) is 23.4. The fourth-order valence-corrected chi connectivity index (χ4v) is 7.71. The molecule has 1 aromatic heterocycles. The molecule has 2 amide bonds. The average Bonchev–Trinajstić information content (AvgIpc) is 3.27. The number of nitrogens with one attached hydrogen (secondary N) is 2. The summed E-state index contributed by atoms with van der Waals surface area (Å²) in [6, 6.07) is 14.9. The molecule has 41 heavy (non-hydrogen) atoms. The van der Waals surface area contributed by atoms with E-state index in [0.29, 0.717) is 18.3 Å². The Kier molecular flexibility index (Phi) is 7.98. The summed E-state index contributed by atoms with van der Waals surface area (Å²) in [6.07, 6.45) is 6.23. The van der Waals surface area contributed by atoms with Crippen molar-refractivity contribution >= 4 is 34.6 Å². The Labute approximate surface area is 247 Å². The molecular weight excluding hydrogens is 534 g/mol. The number of aromatic nitrogens is 1. The molecule has 2 aliphatic heterocycles. The molecule has 220 valence electrons. The summed E-state index contributed by atoms with van der Waals surface area (Å²) < 4.78 is 10.7. The molecule has 1 fully saturated rings. The first kappa shape index (κ1) is 28.4. The summed E-state index contributed by atoms with van der Waals surface area (Å²) in [6.45, 7) is 7.67. The van der Waals surface area contributed by atoms with Gasteiger partial charge in [-0.1, -0.05) is 37.5 Å².